The quantitative estimate of drug-likeness (QED) is 0.737. The first kappa shape index (κ1) is 17.0. The minimum absolute atomic E-state index is 0.339. The lowest BCUT2D eigenvalue weighted by Gasteiger charge is -2.35. The molecule has 0 radical (unpaired) electrons. The van der Waals surface area contributed by atoms with Gasteiger partial charge in [-0.05, 0) is 44.4 Å². The Morgan fingerprint density at radius 3 is 2.50 bits per heavy atom. The second-order valence-electron chi connectivity index (χ2n) is 6.98. The molecule has 2 aliphatic rings. The number of carbonyl (C=O) groups excluding carboxylic acids is 1. The highest BCUT2D eigenvalue weighted by Crippen LogP contribution is 2.30. The average molecular weight is 333 g/mol. The lowest BCUT2D eigenvalue weighted by atomic mass is 9.81. The van der Waals surface area contributed by atoms with Gasteiger partial charge in [-0.25, -0.2) is 4.98 Å². The van der Waals surface area contributed by atoms with Crippen molar-refractivity contribution < 1.29 is 9.53 Å². The van der Waals surface area contributed by atoms with Gasteiger partial charge in [0.2, 0.25) is 5.95 Å². The van der Waals surface area contributed by atoms with E-state index in [2.05, 4.69) is 27.5 Å². The summed E-state index contributed by atoms with van der Waals surface area (Å²) in [5.41, 5.74) is 5.81. The number of hydrogen-bond acceptors (Lipinski definition) is 6. The van der Waals surface area contributed by atoms with E-state index >= 15 is 0 Å². The summed E-state index contributed by atoms with van der Waals surface area (Å²) in [6, 6.07) is 0.689. The van der Waals surface area contributed by atoms with E-state index in [1.807, 2.05) is 0 Å². The number of aromatic nitrogens is 2. The predicted octanol–water partition coefficient (Wildman–Crippen LogP) is 2.16. The first-order valence-electron chi connectivity index (χ1n) is 8.79. The summed E-state index contributed by atoms with van der Waals surface area (Å²) in [5.74, 6) is 1.18. The van der Waals surface area contributed by atoms with Crippen LogP contribution in [-0.4, -0.2) is 41.2 Å². The molecule has 1 heterocycles. The van der Waals surface area contributed by atoms with Crippen LogP contribution < -0.4 is 16.4 Å². The smallest absolute Gasteiger partial charge is 0.254 e. The van der Waals surface area contributed by atoms with E-state index in [-0.39, 0.29) is 0 Å². The summed E-state index contributed by atoms with van der Waals surface area (Å²) in [7, 11) is 1.77. The number of nitrogens with one attached hydrogen (secondary N) is 2. The maximum atomic E-state index is 11.6. The van der Waals surface area contributed by atoms with Gasteiger partial charge in [-0.1, -0.05) is 6.92 Å². The zero-order valence-corrected chi connectivity index (χ0v) is 14.4. The van der Waals surface area contributed by atoms with Crippen molar-refractivity contribution in [3.63, 3.8) is 0 Å². The molecule has 7 nitrogen and oxygen atoms in total. The van der Waals surface area contributed by atoms with E-state index in [0.29, 0.717) is 41.4 Å². The Hall–Kier alpha value is -1.89. The van der Waals surface area contributed by atoms with Crippen molar-refractivity contribution in [2.75, 3.05) is 17.7 Å². The maximum Gasteiger partial charge on any atom is 0.254 e. The second kappa shape index (κ2) is 7.34. The molecule has 24 heavy (non-hydrogen) atoms. The van der Waals surface area contributed by atoms with E-state index in [1.54, 1.807) is 7.11 Å². The third-order valence-corrected chi connectivity index (χ3v) is 5.34. The van der Waals surface area contributed by atoms with Gasteiger partial charge >= 0.3 is 0 Å². The van der Waals surface area contributed by atoms with Crippen LogP contribution in [0.4, 0.5) is 11.8 Å². The monoisotopic (exact) mass is 333 g/mol. The number of rotatable bonds is 6. The SMILES string of the molecule is CO[C@H]1CC[C@H](Nc2ncc(C(N)=O)c(NC3CCC3C)n2)CC1. The number of nitrogens with zero attached hydrogens (tertiary/aromatic N) is 2. The largest absolute Gasteiger partial charge is 0.381 e. The maximum absolute atomic E-state index is 11.6. The Balaban J connectivity index is 1.68. The Morgan fingerprint density at radius 1 is 1.21 bits per heavy atom. The minimum atomic E-state index is -0.503. The molecule has 0 spiro atoms. The third-order valence-electron chi connectivity index (χ3n) is 5.34. The molecular formula is C17H27N5O2. The molecule has 4 N–H and O–H groups in total. The van der Waals surface area contributed by atoms with Crippen LogP contribution >= 0.6 is 0 Å². The molecule has 1 amide bonds. The number of anilines is 2. The first-order valence-corrected chi connectivity index (χ1v) is 8.79. The topological polar surface area (TPSA) is 102 Å². The summed E-state index contributed by atoms with van der Waals surface area (Å²) in [6.45, 7) is 2.19. The molecule has 2 atom stereocenters. The van der Waals surface area contributed by atoms with E-state index in [1.165, 1.54) is 12.6 Å². The van der Waals surface area contributed by atoms with Crippen molar-refractivity contribution in [2.45, 2.75) is 63.6 Å². The molecular weight excluding hydrogens is 306 g/mol. The zero-order chi connectivity index (χ0) is 17.1. The predicted molar refractivity (Wildman–Crippen MR) is 93.0 cm³/mol. The van der Waals surface area contributed by atoms with Gasteiger partial charge in [0.15, 0.2) is 0 Å². The number of nitrogens with two attached hydrogens (primary N) is 1. The van der Waals surface area contributed by atoms with Crippen LogP contribution in [0.3, 0.4) is 0 Å². The van der Waals surface area contributed by atoms with E-state index in [9.17, 15) is 4.79 Å². The van der Waals surface area contributed by atoms with Crippen LogP contribution in [0.15, 0.2) is 6.20 Å². The Bertz CT molecular complexity index is 586. The highest BCUT2D eigenvalue weighted by molar-refractivity contribution is 5.97. The van der Waals surface area contributed by atoms with Crippen LogP contribution in [0.5, 0.6) is 0 Å². The fourth-order valence-corrected chi connectivity index (χ4v) is 3.42. The van der Waals surface area contributed by atoms with Crippen LogP contribution in [0.2, 0.25) is 0 Å². The molecule has 7 heteroatoms. The highest BCUT2D eigenvalue weighted by Gasteiger charge is 2.28. The van der Waals surface area contributed by atoms with E-state index < -0.39 is 5.91 Å². The Morgan fingerprint density at radius 2 is 1.96 bits per heavy atom. The van der Waals surface area contributed by atoms with Gasteiger partial charge in [-0.3, -0.25) is 4.79 Å². The molecule has 2 unspecified atom stereocenters. The number of amides is 1. The molecule has 132 valence electrons. The van der Waals surface area contributed by atoms with Crippen molar-refractivity contribution in [2.24, 2.45) is 11.7 Å². The molecule has 0 aliphatic heterocycles. The fraction of sp³-hybridized carbons (Fsp3) is 0.706. The van der Waals surface area contributed by atoms with E-state index in [0.717, 1.165) is 32.1 Å². The normalized spacial score (nSPS) is 29.6. The standard InChI is InChI=1S/C17H27N5O2/c1-10-3-8-14(10)21-16-13(15(18)23)9-19-17(22-16)20-11-4-6-12(24-2)7-5-11/h9-12,14H,3-8H2,1-2H3,(H2,18,23)(H2,19,20,21,22)/t10?,11-,12-,14?. The number of hydrogen-bond donors (Lipinski definition) is 3. The van der Waals surface area contributed by atoms with Crippen LogP contribution in [0.1, 0.15) is 55.8 Å². The van der Waals surface area contributed by atoms with Crippen LogP contribution in [-0.2, 0) is 4.74 Å². The summed E-state index contributed by atoms with van der Waals surface area (Å²) in [5, 5.41) is 6.74. The summed E-state index contributed by atoms with van der Waals surface area (Å²) in [6.07, 6.45) is 8.30. The molecule has 2 aliphatic carbocycles. The molecule has 0 saturated heterocycles. The lowest BCUT2D eigenvalue weighted by molar-refractivity contribution is 0.0681. The second-order valence-corrected chi connectivity index (χ2v) is 6.98. The average Bonchev–Trinajstić information content (AvgIpc) is 2.59. The van der Waals surface area contributed by atoms with Crippen LogP contribution in [0.25, 0.3) is 0 Å². The summed E-state index contributed by atoms with van der Waals surface area (Å²) in [4.78, 5) is 20.4. The van der Waals surface area contributed by atoms with Gasteiger partial charge in [0, 0.05) is 25.4 Å². The molecule has 2 fully saturated rings. The van der Waals surface area contributed by atoms with Crippen molar-refractivity contribution in [3.8, 4) is 0 Å². The van der Waals surface area contributed by atoms with Gasteiger partial charge in [-0.2, -0.15) is 4.98 Å². The summed E-state index contributed by atoms with van der Waals surface area (Å²) < 4.78 is 5.40. The third kappa shape index (κ3) is 3.77. The van der Waals surface area contributed by atoms with Crippen molar-refractivity contribution >= 4 is 17.7 Å². The minimum Gasteiger partial charge on any atom is -0.381 e. The van der Waals surface area contributed by atoms with Crippen molar-refractivity contribution in [3.05, 3.63) is 11.8 Å². The molecule has 1 aromatic heterocycles. The number of carbonyl (C=O) groups is 1. The number of methoxy groups -OCH3 is 1. The first-order chi connectivity index (χ1) is 11.6. The fourth-order valence-electron chi connectivity index (χ4n) is 3.42. The lowest BCUT2D eigenvalue weighted by Crippen LogP contribution is -2.37. The molecule has 0 bridgehead atoms. The van der Waals surface area contributed by atoms with E-state index in [4.69, 9.17) is 10.5 Å². The van der Waals surface area contributed by atoms with Crippen LogP contribution in [0, 0.1) is 5.92 Å². The Kier molecular flexibility index (Phi) is 5.18. The molecule has 3 rings (SSSR count). The van der Waals surface area contributed by atoms with Gasteiger partial charge in [0.1, 0.15) is 5.82 Å². The number of ether oxygens (including phenoxy) is 1. The van der Waals surface area contributed by atoms with Gasteiger partial charge < -0.3 is 21.1 Å². The summed E-state index contributed by atoms with van der Waals surface area (Å²) >= 11 is 0. The highest BCUT2D eigenvalue weighted by atomic mass is 16.5. The van der Waals surface area contributed by atoms with Gasteiger partial charge in [0.05, 0.1) is 11.7 Å². The van der Waals surface area contributed by atoms with Crippen molar-refractivity contribution in [1.29, 1.82) is 0 Å². The van der Waals surface area contributed by atoms with Gasteiger partial charge in [0.25, 0.3) is 5.91 Å². The van der Waals surface area contributed by atoms with Gasteiger partial charge in [-0.15, -0.1) is 0 Å². The zero-order valence-electron chi connectivity index (χ0n) is 14.4. The molecule has 1 aromatic rings. The molecule has 2 saturated carbocycles. The van der Waals surface area contributed by atoms with Crippen molar-refractivity contribution in [1.82, 2.24) is 9.97 Å². The Labute approximate surface area is 142 Å². The number of primary amides is 1. The molecule has 0 aromatic carbocycles.